The first-order valence-corrected chi connectivity index (χ1v) is 8.70. The number of allylic oxidation sites excluding steroid dienone is 2. The standard InChI is InChI=1S/C21H15NO3/c23-20-18-11-5-6-12(9-11)19(18)21(24)22(20)13-7-8-15-14-3-1-2-4-16(14)25-17(15)10-13/h1-8,10-12,18-19H,9H2/t11-,12+,18-,19+. The lowest BCUT2D eigenvalue weighted by Gasteiger charge is -2.17. The van der Waals surface area contributed by atoms with Crippen LogP contribution >= 0.6 is 0 Å². The Balaban J connectivity index is 1.48. The average Bonchev–Trinajstić information content (AvgIpc) is 3.36. The summed E-state index contributed by atoms with van der Waals surface area (Å²) in [5.41, 5.74) is 2.14. The lowest BCUT2D eigenvalue weighted by atomic mass is 9.85. The number of hydrogen-bond donors (Lipinski definition) is 0. The highest BCUT2D eigenvalue weighted by molar-refractivity contribution is 6.23. The number of amides is 2. The highest BCUT2D eigenvalue weighted by Gasteiger charge is 2.59. The van der Waals surface area contributed by atoms with E-state index in [1.54, 1.807) is 0 Å². The molecule has 4 atom stereocenters. The molecule has 0 radical (unpaired) electrons. The maximum atomic E-state index is 12.9. The molecule has 4 nitrogen and oxygen atoms in total. The van der Waals surface area contributed by atoms with E-state index in [0.29, 0.717) is 11.3 Å². The van der Waals surface area contributed by atoms with Gasteiger partial charge in [0.1, 0.15) is 11.2 Å². The number of para-hydroxylation sites is 1. The number of carbonyl (C=O) groups is 2. The van der Waals surface area contributed by atoms with Crippen molar-refractivity contribution >= 4 is 39.4 Å². The number of hydrogen-bond acceptors (Lipinski definition) is 3. The van der Waals surface area contributed by atoms with Crippen molar-refractivity contribution in [2.24, 2.45) is 23.7 Å². The molecule has 2 amide bonds. The molecule has 1 aromatic heterocycles. The third-order valence-corrected chi connectivity index (χ3v) is 6.09. The molecule has 6 rings (SSSR count). The molecular weight excluding hydrogens is 314 g/mol. The second-order valence-electron chi connectivity index (χ2n) is 7.29. The van der Waals surface area contributed by atoms with Gasteiger partial charge in [0.25, 0.3) is 0 Å². The Kier molecular flexibility index (Phi) is 2.36. The molecule has 122 valence electrons. The molecule has 3 aromatic rings. The average molecular weight is 329 g/mol. The van der Waals surface area contributed by atoms with Gasteiger partial charge in [0.05, 0.1) is 17.5 Å². The minimum absolute atomic E-state index is 0.0534. The van der Waals surface area contributed by atoms with Gasteiger partial charge < -0.3 is 4.42 Å². The summed E-state index contributed by atoms with van der Waals surface area (Å²) in [5, 5.41) is 2.04. The van der Waals surface area contributed by atoms with Crippen LogP contribution in [0.2, 0.25) is 0 Å². The summed E-state index contributed by atoms with van der Waals surface area (Å²) in [5.74, 6) is 0.00475. The number of furan rings is 1. The van der Waals surface area contributed by atoms with Gasteiger partial charge in [-0.05, 0) is 36.5 Å². The number of carbonyl (C=O) groups excluding carboxylic acids is 2. The first-order chi connectivity index (χ1) is 12.2. The summed E-state index contributed by atoms with van der Waals surface area (Å²) in [6.45, 7) is 0. The van der Waals surface area contributed by atoms with Crippen LogP contribution in [0.5, 0.6) is 0 Å². The second kappa shape index (κ2) is 4.39. The smallest absolute Gasteiger partial charge is 0.238 e. The minimum atomic E-state index is -0.172. The van der Waals surface area contributed by atoms with E-state index < -0.39 is 0 Å². The van der Waals surface area contributed by atoms with Crippen LogP contribution < -0.4 is 4.90 Å². The second-order valence-corrected chi connectivity index (χ2v) is 7.29. The summed E-state index contributed by atoms with van der Waals surface area (Å²) >= 11 is 0. The molecule has 0 spiro atoms. The highest BCUT2D eigenvalue weighted by atomic mass is 16.3. The van der Waals surface area contributed by atoms with Crippen molar-refractivity contribution in [2.75, 3.05) is 4.90 Å². The van der Waals surface area contributed by atoms with E-state index in [-0.39, 0.29) is 35.5 Å². The van der Waals surface area contributed by atoms with Gasteiger partial charge in [-0.15, -0.1) is 0 Å². The van der Waals surface area contributed by atoms with E-state index >= 15 is 0 Å². The van der Waals surface area contributed by atoms with Gasteiger partial charge in [-0.3, -0.25) is 9.59 Å². The number of nitrogens with zero attached hydrogens (tertiary/aromatic N) is 1. The maximum Gasteiger partial charge on any atom is 0.238 e. The van der Waals surface area contributed by atoms with Gasteiger partial charge in [-0.25, -0.2) is 4.90 Å². The Morgan fingerprint density at radius 1 is 0.840 bits per heavy atom. The predicted molar refractivity (Wildman–Crippen MR) is 93.9 cm³/mol. The molecule has 2 bridgehead atoms. The topological polar surface area (TPSA) is 50.5 Å². The lowest BCUT2D eigenvalue weighted by Crippen LogP contribution is -2.32. The molecular formula is C21H15NO3. The quantitative estimate of drug-likeness (QED) is 0.502. The van der Waals surface area contributed by atoms with E-state index in [1.807, 2.05) is 42.5 Å². The Bertz CT molecular complexity index is 1080. The SMILES string of the molecule is O=C1[C@@H]2[C@H](C(=O)N1c1ccc3c(c1)oc1ccccc13)[C@@H]1C=C[C@H]2C1. The molecule has 2 fully saturated rings. The van der Waals surface area contributed by atoms with Crippen molar-refractivity contribution in [3.05, 3.63) is 54.6 Å². The van der Waals surface area contributed by atoms with Crippen molar-refractivity contribution < 1.29 is 14.0 Å². The fraction of sp³-hybridized carbons (Fsp3) is 0.238. The van der Waals surface area contributed by atoms with Gasteiger partial charge >= 0.3 is 0 Å². The van der Waals surface area contributed by atoms with Gasteiger partial charge in [0, 0.05) is 16.8 Å². The molecule has 3 aliphatic rings. The van der Waals surface area contributed by atoms with Gasteiger partial charge in [0.2, 0.25) is 11.8 Å². The Morgan fingerprint density at radius 2 is 1.52 bits per heavy atom. The summed E-state index contributed by atoms with van der Waals surface area (Å²) in [4.78, 5) is 27.3. The first-order valence-electron chi connectivity index (χ1n) is 8.70. The van der Waals surface area contributed by atoms with Crippen LogP contribution in [0.3, 0.4) is 0 Å². The number of fused-ring (bicyclic) bond motifs is 8. The molecule has 0 N–H and O–H groups in total. The number of anilines is 1. The molecule has 1 aliphatic heterocycles. The van der Waals surface area contributed by atoms with Crippen molar-refractivity contribution in [3.63, 3.8) is 0 Å². The molecule has 2 aliphatic carbocycles. The van der Waals surface area contributed by atoms with E-state index in [0.717, 1.165) is 22.8 Å². The summed E-state index contributed by atoms with van der Waals surface area (Å²) in [6.07, 6.45) is 5.18. The number of imide groups is 1. The van der Waals surface area contributed by atoms with E-state index in [2.05, 4.69) is 12.2 Å². The minimum Gasteiger partial charge on any atom is -0.456 e. The summed E-state index contributed by atoms with van der Waals surface area (Å²) < 4.78 is 5.91. The third-order valence-electron chi connectivity index (χ3n) is 6.09. The first kappa shape index (κ1) is 13.4. The van der Waals surface area contributed by atoms with Crippen molar-refractivity contribution in [1.82, 2.24) is 0 Å². The predicted octanol–water partition coefficient (Wildman–Crippen LogP) is 3.90. The highest BCUT2D eigenvalue weighted by Crippen LogP contribution is 2.53. The molecule has 1 saturated carbocycles. The summed E-state index contributed by atoms with van der Waals surface area (Å²) in [7, 11) is 0. The number of benzene rings is 2. The maximum absolute atomic E-state index is 12.9. The third kappa shape index (κ3) is 1.57. The van der Waals surface area contributed by atoms with Crippen LogP contribution in [0.4, 0.5) is 5.69 Å². The van der Waals surface area contributed by atoms with E-state index in [1.165, 1.54) is 4.90 Å². The monoisotopic (exact) mass is 329 g/mol. The van der Waals surface area contributed by atoms with Crippen molar-refractivity contribution in [3.8, 4) is 0 Å². The molecule has 1 saturated heterocycles. The largest absolute Gasteiger partial charge is 0.456 e. The zero-order valence-electron chi connectivity index (χ0n) is 13.4. The Hall–Kier alpha value is -2.88. The van der Waals surface area contributed by atoms with Crippen molar-refractivity contribution in [2.45, 2.75) is 6.42 Å². The molecule has 2 aromatic carbocycles. The van der Waals surface area contributed by atoms with E-state index in [9.17, 15) is 9.59 Å². The zero-order valence-corrected chi connectivity index (χ0v) is 13.4. The van der Waals surface area contributed by atoms with Gasteiger partial charge in [0.15, 0.2) is 0 Å². The molecule has 4 heteroatoms. The number of rotatable bonds is 1. The Morgan fingerprint density at radius 3 is 2.28 bits per heavy atom. The molecule has 0 unspecified atom stereocenters. The van der Waals surface area contributed by atoms with Gasteiger partial charge in [-0.1, -0.05) is 30.4 Å². The zero-order chi connectivity index (χ0) is 16.7. The summed E-state index contributed by atoms with van der Waals surface area (Å²) in [6, 6.07) is 13.5. The Labute approximate surface area is 143 Å². The van der Waals surface area contributed by atoms with E-state index in [4.69, 9.17) is 4.42 Å². The molecule has 25 heavy (non-hydrogen) atoms. The van der Waals surface area contributed by atoms with Crippen LogP contribution in [0, 0.1) is 23.7 Å². The fourth-order valence-electron chi connectivity index (χ4n) is 5.01. The van der Waals surface area contributed by atoms with Crippen LogP contribution in [0.15, 0.2) is 59.0 Å². The molecule has 2 heterocycles. The fourth-order valence-corrected chi connectivity index (χ4v) is 5.01. The van der Waals surface area contributed by atoms with Crippen LogP contribution in [-0.4, -0.2) is 11.8 Å². The normalized spacial score (nSPS) is 30.2. The van der Waals surface area contributed by atoms with Gasteiger partial charge in [-0.2, -0.15) is 0 Å². The van der Waals surface area contributed by atoms with Crippen LogP contribution in [0.25, 0.3) is 21.9 Å². The lowest BCUT2D eigenvalue weighted by molar-refractivity contribution is -0.123. The van der Waals surface area contributed by atoms with Crippen molar-refractivity contribution in [1.29, 1.82) is 0 Å². The van der Waals surface area contributed by atoms with Crippen LogP contribution in [-0.2, 0) is 9.59 Å². The van der Waals surface area contributed by atoms with Crippen LogP contribution in [0.1, 0.15) is 6.42 Å².